The van der Waals surface area contributed by atoms with E-state index in [0.717, 1.165) is 19.4 Å². The van der Waals surface area contributed by atoms with E-state index in [2.05, 4.69) is 20.9 Å². The van der Waals surface area contributed by atoms with Crippen molar-refractivity contribution in [3.63, 3.8) is 0 Å². The molecule has 5 nitrogen and oxygen atoms in total. The summed E-state index contributed by atoms with van der Waals surface area (Å²) in [5, 5.41) is 0. The van der Waals surface area contributed by atoms with Gasteiger partial charge in [-0.2, -0.15) is 0 Å². The number of nitrogens with two attached hydrogens (primary N) is 1. The third-order valence-electron chi connectivity index (χ3n) is 3.01. The molecule has 1 aromatic carbocycles. The van der Waals surface area contributed by atoms with Gasteiger partial charge in [0.25, 0.3) is 0 Å². The van der Waals surface area contributed by atoms with Crippen LogP contribution < -0.4 is 10.5 Å². The number of rotatable bonds is 7. The quantitative estimate of drug-likeness (QED) is 0.555. The highest BCUT2D eigenvalue weighted by molar-refractivity contribution is 9.10. The Labute approximate surface area is 150 Å². The van der Waals surface area contributed by atoms with Crippen molar-refractivity contribution < 1.29 is 14.3 Å². The first-order chi connectivity index (χ1) is 10.9. The zero-order chi connectivity index (χ0) is 17.0. The number of aryl methyl sites for hydroxylation is 1. The number of hydrogen-bond acceptors (Lipinski definition) is 6. The first kappa shape index (κ1) is 18.0. The lowest BCUT2D eigenvalue weighted by molar-refractivity contribution is -0.117. The summed E-state index contributed by atoms with van der Waals surface area (Å²) in [4.78, 5) is 28.5. The van der Waals surface area contributed by atoms with Crippen LogP contribution in [0.15, 0.2) is 27.0 Å². The molecule has 0 fully saturated rings. The van der Waals surface area contributed by atoms with Gasteiger partial charge in [-0.25, -0.2) is 4.98 Å². The van der Waals surface area contributed by atoms with Crippen molar-refractivity contribution in [3.05, 3.63) is 38.8 Å². The molecular formula is C15H15BrN2O3S2. The highest BCUT2D eigenvalue weighted by atomic mass is 79.9. The molecule has 0 aliphatic carbocycles. The van der Waals surface area contributed by atoms with E-state index in [4.69, 9.17) is 10.5 Å². The lowest BCUT2D eigenvalue weighted by Gasteiger charge is -2.05. The van der Waals surface area contributed by atoms with Crippen molar-refractivity contribution >= 4 is 50.7 Å². The van der Waals surface area contributed by atoms with Gasteiger partial charge in [0.2, 0.25) is 5.91 Å². The number of methoxy groups -OCH3 is 1. The number of benzene rings is 1. The highest BCUT2D eigenvalue weighted by Crippen LogP contribution is 2.29. The molecule has 0 bridgehead atoms. The summed E-state index contributed by atoms with van der Waals surface area (Å²) < 4.78 is 6.65. The predicted molar refractivity (Wildman–Crippen MR) is 95.5 cm³/mol. The van der Waals surface area contributed by atoms with E-state index >= 15 is 0 Å². The number of primary amides is 1. The van der Waals surface area contributed by atoms with Crippen LogP contribution in [0.25, 0.3) is 0 Å². The molecule has 0 atom stereocenters. The molecule has 0 unspecified atom stereocenters. The van der Waals surface area contributed by atoms with E-state index in [1.165, 1.54) is 23.1 Å². The summed E-state index contributed by atoms with van der Waals surface area (Å²) in [5.41, 5.74) is 6.60. The average molecular weight is 415 g/mol. The number of hydrogen-bond donors (Lipinski definition) is 1. The van der Waals surface area contributed by atoms with E-state index in [1.807, 2.05) is 6.92 Å². The summed E-state index contributed by atoms with van der Waals surface area (Å²) >= 11 is 6.13. The summed E-state index contributed by atoms with van der Waals surface area (Å²) in [6.07, 6.45) is 0.184. The molecule has 0 aliphatic rings. The number of amides is 1. The normalized spacial score (nSPS) is 10.6. The molecule has 0 aliphatic heterocycles. The fraction of sp³-hybridized carbons (Fsp3) is 0.267. The van der Waals surface area contributed by atoms with Crippen LogP contribution in [-0.4, -0.2) is 29.5 Å². The highest BCUT2D eigenvalue weighted by Gasteiger charge is 2.14. The first-order valence-electron chi connectivity index (χ1n) is 6.65. The van der Waals surface area contributed by atoms with Gasteiger partial charge in [-0.15, -0.1) is 11.3 Å². The molecule has 1 amide bonds. The SMILES string of the molecule is COc1ccc(C(=O)CSc2nc(C)c(CC(N)=O)s2)cc1Br. The second kappa shape index (κ2) is 7.94. The van der Waals surface area contributed by atoms with Gasteiger partial charge in [-0.1, -0.05) is 11.8 Å². The maximum atomic E-state index is 12.3. The molecule has 0 radical (unpaired) electrons. The summed E-state index contributed by atoms with van der Waals surface area (Å²) in [6, 6.07) is 5.23. The minimum atomic E-state index is -0.382. The number of carbonyl (C=O) groups excluding carboxylic acids is 2. The van der Waals surface area contributed by atoms with Gasteiger partial charge < -0.3 is 10.5 Å². The van der Waals surface area contributed by atoms with Gasteiger partial charge in [-0.3, -0.25) is 9.59 Å². The Morgan fingerprint density at radius 3 is 2.78 bits per heavy atom. The Kier molecular flexibility index (Phi) is 6.20. The zero-order valence-corrected chi connectivity index (χ0v) is 15.8. The van der Waals surface area contributed by atoms with Gasteiger partial charge in [0.1, 0.15) is 5.75 Å². The van der Waals surface area contributed by atoms with Gasteiger partial charge in [0.15, 0.2) is 10.1 Å². The van der Waals surface area contributed by atoms with Crippen LogP contribution in [-0.2, 0) is 11.2 Å². The Hall–Kier alpha value is -1.38. The van der Waals surface area contributed by atoms with Crippen molar-refractivity contribution in [2.75, 3.05) is 12.9 Å². The Morgan fingerprint density at radius 2 is 2.17 bits per heavy atom. The molecule has 2 aromatic rings. The van der Waals surface area contributed by atoms with Crippen molar-refractivity contribution in [2.45, 2.75) is 17.7 Å². The number of thiazole rings is 1. The molecule has 1 heterocycles. The Bertz CT molecular complexity index is 746. The number of nitrogens with zero attached hydrogens (tertiary/aromatic N) is 1. The summed E-state index contributed by atoms with van der Waals surface area (Å²) in [7, 11) is 1.58. The van der Waals surface area contributed by atoms with E-state index in [9.17, 15) is 9.59 Å². The minimum absolute atomic E-state index is 0.00246. The fourth-order valence-corrected chi connectivity index (χ4v) is 4.51. The largest absolute Gasteiger partial charge is 0.496 e. The second-order valence-electron chi connectivity index (χ2n) is 4.69. The van der Waals surface area contributed by atoms with Crippen LogP contribution in [0.1, 0.15) is 20.9 Å². The smallest absolute Gasteiger partial charge is 0.222 e. The monoisotopic (exact) mass is 414 g/mol. The van der Waals surface area contributed by atoms with Crippen LogP contribution in [0.2, 0.25) is 0 Å². The van der Waals surface area contributed by atoms with Gasteiger partial charge in [0, 0.05) is 10.4 Å². The fourth-order valence-electron chi connectivity index (χ4n) is 1.84. The number of ketones is 1. The number of Topliss-reactive ketones (excluding diaryl/α,β-unsaturated/α-hetero) is 1. The Balaban J connectivity index is 2.01. The van der Waals surface area contributed by atoms with Crippen LogP contribution in [0.5, 0.6) is 5.75 Å². The second-order valence-corrected chi connectivity index (χ2v) is 7.85. The van der Waals surface area contributed by atoms with E-state index in [1.54, 1.807) is 25.3 Å². The zero-order valence-electron chi connectivity index (χ0n) is 12.6. The molecular weight excluding hydrogens is 400 g/mol. The third-order valence-corrected chi connectivity index (χ3v) is 5.93. The maximum Gasteiger partial charge on any atom is 0.222 e. The maximum absolute atomic E-state index is 12.3. The molecule has 0 spiro atoms. The number of halogens is 1. The predicted octanol–water partition coefficient (Wildman–Crippen LogP) is 3.23. The first-order valence-corrected chi connectivity index (χ1v) is 9.24. The average Bonchev–Trinajstić information content (AvgIpc) is 2.84. The van der Waals surface area contributed by atoms with Crippen LogP contribution in [0.3, 0.4) is 0 Å². The van der Waals surface area contributed by atoms with Gasteiger partial charge >= 0.3 is 0 Å². The lowest BCUT2D eigenvalue weighted by Crippen LogP contribution is -2.13. The van der Waals surface area contributed by atoms with Crippen molar-refractivity contribution in [2.24, 2.45) is 5.73 Å². The molecule has 122 valence electrons. The van der Waals surface area contributed by atoms with Crippen LogP contribution in [0, 0.1) is 6.92 Å². The number of thioether (sulfide) groups is 1. The molecule has 2 rings (SSSR count). The van der Waals surface area contributed by atoms with Crippen molar-refractivity contribution in [3.8, 4) is 5.75 Å². The molecule has 0 saturated heterocycles. The van der Waals surface area contributed by atoms with Gasteiger partial charge in [0.05, 0.1) is 29.5 Å². The molecule has 2 N–H and O–H groups in total. The molecule has 1 aromatic heterocycles. The van der Waals surface area contributed by atoms with Gasteiger partial charge in [-0.05, 0) is 41.1 Å². The summed E-state index contributed by atoms with van der Waals surface area (Å²) in [6.45, 7) is 1.83. The lowest BCUT2D eigenvalue weighted by atomic mass is 10.1. The van der Waals surface area contributed by atoms with Crippen LogP contribution >= 0.6 is 39.0 Å². The van der Waals surface area contributed by atoms with E-state index in [-0.39, 0.29) is 23.9 Å². The number of ether oxygens (including phenoxy) is 1. The molecule has 23 heavy (non-hydrogen) atoms. The minimum Gasteiger partial charge on any atom is -0.496 e. The Morgan fingerprint density at radius 1 is 1.43 bits per heavy atom. The standard InChI is InChI=1S/C15H15BrN2O3S2/c1-8-13(6-14(17)20)23-15(18-8)22-7-11(19)9-3-4-12(21-2)10(16)5-9/h3-5H,6-7H2,1-2H3,(H2,17,20). The number of aromatic nitrogens is 1. The molecule has 0 saturated carbocycles. The van der Waals surface area contributed by atoms with E-state index in [0.29, 0.717) is 11.3 Å². The van der Waals surface area contributed by atoms with E-state index < -0.39 is 0 Å². The number of carbonyl (C=O) groups is 2. The third kappa shape index (κ3) is 4.79. The topological polar surface area (TPSA) is 82.3 Å². The summed E-state index contributed by atoms with van der Waals surface area (Å²) in [5.74, 6) is 0.581. The van der Waals surface area contributed by atoms with Crippen molar-refractivity contribution in [1.82, 2.24) is 4.98 Å². The van der Waals surface area contributed by atoms with Crippen molar-refractivity contribution in [1.29, 1.82) is 0 Å². The molecule has 8 heteroatoms. The van der Waals surface area contributed by atoms with Crippen LogP contribution in [0.4, 0.5) is 0 Å².